The third-order valence-electron chi connectivity index (χ3n) is 3.73. The number of nitrogens with one attached hydrogen (secondary N) is 2. The van der Waals surface area contributed by atoms with E-state index in [9.17, 15) is 9.59 Å². The molecule has 110 valence electrons. The van der Waals surface area contributed by atoms with E-state index in [2.05, 4.69) is 10.3 Å². The number of aromatic amines is 1. The van der Waals surface area contributed by atoms with Crippen molar-refractivity contribution in [2.24, 2.45) is 0 Å². The number of pyridine rings is 1. The van der Waals surface area contributed by atoms with E-state index in [1.165, 1.54) is 0 Å². The number of anilines is 2. The molecule has 0 atom stereocenters. The summed E-state index contributed by atoms with van der Waals surface area (Å²) in [7, 11) is 1.85. The second-order valence-corrected chi connectivity index (χ2v) is 5.30. The molecule has 1 aromatic heterocycles. The van der Waals surface area contributed by atoms with Crippen LogP contribution in [0.25, 0.3) is 11.1 Å². The van der Waals surface area contributed by atoms with Crippen LogP contribution in [0.15, 0.2) is 29.1 Å². The summed E-state index contributed by atoms with van der Waals surface area (Å²) in [5, 5.41) is 11.8. The molecule has 1 aromatic carbocycles. The van der Waals surface area contributed by atoms with E-state index in [0.29, 0.717) is 12.2 Å². The second-order valence-electron chi connectivity index (χ2n) is 5.30. The minimum atomic E-state index is -0.383. The van der Waals surface area contributed by atoms with E-state index in [4.69, 9.17) is 5.26 Å². The van der Waals surface area contributed by atoms with Gasteiger partial charge in [0.2, 0.25) is 5.91 Å². The van der Waals surface area contributed by atoms with Gasteiger partial charge in [-0.15, -0.1) is 0 Å². The molecule has 0 saturated carbocycles. The standard InChI is InChI=1S/C16H14N4O2/c1-9-12(5-11(7-17)16(22)18-9)10-3-4-13-14(6-10)20(2)8-15(21)19-13/h3-6H,8H2,1-2H3,(H,18,22)(H,19,21). The van der Waals surface area contributed by atoms with Crippen LogP contribution >= 0.6 is 0 Å². The van der Waals surface area contributed by atoms with Crippen LogP contribution in [0.4, 0.5) is 11.4 Å². The Kier molecular flexibility index (Phi) is 3.18. The number of hydrogen-bond acceptors (Lipinski definition) is 4. The molecule has 2 heterocycles. The van der Waals surface area contributed by atoms with Gasteiger partial charge in [0.05, 0.1) is 17.9 Å². The summed E-state index contributed by atoms with van der Waals surface area (Å²) in [5.41, 5.74) is 3.74. The van der Waals surface area contributed by atoms with Gasteiger partial charge in [0, 0.05) is 18.3 Å². The maximum absolute atomic E-state index is 11.6. The fraction of sp³-hybridized carbons (Fsp3) is 0.188. The maximum Gasteiger partial charge on any atom is 0.266 e. The van der Waals surface area contributed by atoms with Crippen molar-refractivity contribution in [1.29, 1.82) is 5.26 Å². The monoisotopic (exact) mass is 294 g/mol. The number of nitriles is 1. The molecule has 6 heteroatoms. The zero-order valence-electron chi connectivity index (χ0n) is 12.2. The van der Waals surface area contributed by atoms with Gasteiger partial charge in [0.25, 0.3) is 5.56 Å². The molecule has 0 aliphatic carbocycles. The van der Waals surface area contributed by atoms with Crippen molar-refractivity contribution in [2.75, 3.05) is 23.8 Å². The van der Waals surface area contributed by atoms with Crippen LogP contribution in [-0.2, 0) is 4.79 Å². The van der Waals surface area contributed by atoms with E-state index < -0.39 is 0 Å². The summed E-state index contributed by atoms with van der Waals surface area (Å²) in [6.45, 7) is 2.09. The number of H-pyrrole nitrogens is 1. The first kappa shape index (κ1) is 13.9. The van der Waals surface area contributed by atoms with E-state index in [-0.39, 0.29) is 17.0 Å². The number of likely N-dealkylation sites (N-methyl/N-ethyl adjacent to an activating group) is 1. The summed E-state index contributed by atoms with van der Waals surface area (Å²) in [6.07, 6.45) is 0. The first-order valence-corrected chi connectivity index (χ1v) is 6.79. The number of aryl methyl sites for hydroxylation is 1. The van der Waals surface area contributed by atoms with Gasteiger partial charge in [-0.05, 0) is 30.7 Å². The van der Waals surface area contributed by atoms with E-state index in [0.717, 1.165) is 22.5 Å². The highest BCUT2D eigenvalue weighted by molar-refractivity contribution is 6.01. The Bertz CT molecular complexity index is 877. The van der Waals surface area contributed by atoms with Crippen LogP contribution in [0.3, 0.4) is 0 Å². The first-order chi connectivity index (χ1) is 10.5. The van der Waals surface area contributed by atoms with Crippen molar-refractivity contribution in [3.05, 3.63) is 45.9 Å². The first-order valence-electron chi connectivity index (χ1n) is 6.79. The Balaban J connectivity index is 2.15. The molecule has 0 spiro atoms. The van der Waals surface area contributed by atoms with Crippen molar-refractivity contribution < 1.29 is 4.79 Å². The minimum Gasteiger partial charge on any atom is -0.364 e. The highest BCUT2D eigenvalue weighted by Gasteiger charge is 2.20. The molecule has 0 radical (unpaired) electrons. The molecule has 2 aromatic rings. The quantitative estimate of drug-likeness (QED) is 0.836. The molecule has 0 bridgehead atoms. The van der Waals surface area contributed by atoms with E-state index in [1.54, 1.807) is 13.0 Å². The molecule has 1 aliphatic rings. The van der Waals surface area contributed by atoms with Crippen molar-refractivity contribution >= 4 is 17.3 Å². The predicted molar refractivity (Wildman–Crippen MR) is 83.9 cm³/mol. The van der Waals surface area contributed by atoms with Crippen LogP contribution in [0.5, 0.6) is 0 Å². The lowest BCUT2D eigenvalue weighted by Crippen LogP contribution is -2.35. The molecule has 0 saturated heterocycles. The number of amides is 1. The van der Waals surface area contributed by atoms with Gasteiger partial charge in [0.1, 0.15) is 11.6 Å². The van der Waals surface area contributed by atoms with Gasteiger partial charge in [-0.25, -0.2) is 0 Å². The fourth-order valence-electron chi connectivity index (χ4n) is 2.62. The largest absolute Gasteiger partial charge is 0.364 e. The van der Waals surface area contributed by atoms with Crippen LogP contribution < -0.4 is 15.8 Å². The number of carbonyl (C=O) groups is 1. The van der Waals surface area contributed by atoms with Crippen molar-refractivity contribution in [3.63, 3.8) is 0 Å². The zero-order valence-corrected chi connectivity index (χ0v) is 12.2. The maximum atomic E-state index is 11.6. The Labute approximate surface area is 127 Å². The molecule has 1 amide bonds. The minimum absolute atomic E-state index is 0.0465. The fourth-order valence-corrected chi connectivity index (χ4v) is 2.62. The Morgan fingerprint density at radius 2 is 2.05 bits per heavy atom. The van der Waals surface area contributed by atoms with Crippen molar-refractivity contribution in [2.45, 2.75) is 6.92 Å². The third kappa shape index (κ3) is 2.23. The third-order valence-corrected chi connectivity index (χ3v) is 3.73. The Morgan fingerprint density at radius 3 is 2.77 bits per heavy atom. The summed E-state index contributed by atoms with van der Waals surface area (Å²) in [5.74, 6) is -0.0465. The number of nitrogens with zero attached hydrogens (tertiary/aromatic N) is 2. The average molecular weight is 294 g/mol. The molecule has 2 N–H and O–H groups in total. The van der Waals surface area contributed by atoms with Crippen molar-refractivity contribution in [1.82, 2.24) is 4.98 Å². The van der Waals surface area contributed by atoms with Gasteiger partial charge in [-0.1, -0.05) is 6.07 Å². The highest BCUT2D eigenvalue weighted by Crippen LogP contribution is 2.33. The predicted octanol–water partition coefficient (Wildman–Crippen LogP) is 1.61. The molecule has 0 fully saturated rings. The molecule has 6 nitrogen and oxygen atoms in total. The van der Waals surface area contributed by atoms with Gasteiger partial charge >= 0.3 is 0 Å². The number of rotatable bonds is 1. The van der Waals surface area contributed by atoms with Gasteiger partial charge in [-0.2, -0.15) is 5.26 Å². The lowest BCUT2D eigenvalue weighted by Gasteiger charge is -2.27. The average Bonchev–Trinajstić information content (AvgIpc) is 2.47. The van der Waals surface area contributed by atoms with Gasteiger partial charge in [0.15, 0.2) is 0 Å². The SMILES string of the molecule is Cc1[nH]c(=O)c(C#N)cc1-c1ccc2c(c1)N(C)CC(=O)N2. The van der Waals surface area contributed by atoms with Gasteiger partial charge in [-0.3, -0.25) is 9.59 Å². The zero-order chi connectivity index (χ0) is 15.9. The molecule has 3 rings (SSSR count). The van der Waals surface area contributed by atoms with Crippen LogP contribution in [0, 0.1) is 18.3 Å². The lowest BCUT2D eigenvalue weighted by molar-refractivity contribution is -0.115. The number of fused-ring (bicyclic) bond motifs is 1. The smallest absolute Gasteiger partial charge is 0.266 e. The molecule has 22 heavy (non-hydrogen) atoms. The highest BCUT2D eigenvalue weighted by atomic mass is 16.2. The summed E-state index contributed by atoms with van der Waals surface area (Å²) >= 11 is 0. The number of hydrogen-bond donors (Lipinski definition) is 2. The summed E-state index contributed by atoms with van der Waals surface area (Å²) < 4.78 is 0. The van der Waals surface area contributed by atoms with Crippen molar-refractivity contribution in [3.8, 4) is 17.2 Å². The molecular formula is C16H14N4O2. The number of carbonyl (C=O) groups excluding carboxylic acids is 1. The van der Waals surface area contributed by atoms with Crippen LogP contribution in [-0.4, -0.2) is 24.5 Å². The topological polar surface area (TPSA) is 89.0 Å². The number of aromatic nitrogens is 1. The van der Waals surface area contributed by atoms with E-state index in [1.807, 2.05) is 36.2 Å². The molecular weight excluding hydrogens is 280 g/mol. The van der Waals surface area contributed by atoms with Crippen LogP contribution in [0.2, 0.25) is 0 Å². The number of benzene rings is 1. The summed E-state index contributed by atoms with van der Waals surface area (Å²) in [4.78, 5) is 27.7. The summed E-state index contributed by atoms with van der Waals surface area (Å²) in [6, 6.07) is 9.12. The van der Waals surface area contributed by atoms with Gasteiger partial charge < -0.3 is 15.2 Å². The van der Waals surface area contributed by atoms with Crippen LogP contribution in [0.1, 0.15) is 11.3 Å². The Morgan fingerprint density at radius 1 is 1.27 bits per heavy atom. The second kappa shape index (κ2) is 5.04. The molecule has 0 unspecified atom stereocenters. The Hall–Kier alpha value is -3.07. The normalized spacial score (nSPS) is 13.3. The van der Waals surface area contributed by atoms with E-state index >= 15 is 0 Å². The lowest BCUT2D eigenvalue weighted by atomic mass is 10.0. The molecule has 1 aliphatic heterocycles.